The topological polar surface area (TPSA) is 81.0 Å². The van der Waals surface area contributed by atoms with E-state index in [1.54, 1.807) is 17.0 Å². The van der Waals surface area contributed by atoms with Crippen molar-refractivity contribution in [3.63, 3.8) is 0 Å². The molecule has 176 valence electrons. The second kappa shape index (κ2) is 9.63. The number of nitrogens with one attached hydrogen (secondary N) is 1. The zero-order valence-corrected chi connectivity index (χ0v) is 19.2. The lowest BCUT2D eigenvalue weighted by Crippen LogP contribution is -2.45. The first kappa shape index (κ1) is 22.1. The number of nitrogens with zero attached hydrogens (tertiary/aromatic N) is 1. The van der Waals surface area contributed by atoms with Crippen LogP contribution in [0.1, 0.15) is 59.0 Å². The maximum Gasteiger partial charge on any atom is 0.290 e. The van der Waals surface area contributed by atoms with Crippen LogP contribution in [0.4, 0.5) is 0 Å². The normalized spacial score (nSPS) is 15.8. The number of hydrogen-bond donors (Lipinski definition) is 1. The van der Waals surface area contributed by atoms with Gasteiger partial charge in [-0.15, -0.1) is 0 Å². The third-order valence-electron chi connectivity index (χ3n) is 6.44. The summed E-state index contributed by atoms with van der Waals surface area (Å²) in [6.45, 7) is 2.37. The third kappa shape index (κ3) is 4.64. The first-order chi connectivity index (χ1) is 16.6. The molecule has 2 amide bonds. The summed E-state index contributed by atoms with van der Waals surface area (Å²) in [7, 11) is 0. The van der Waals surface area contributed by atoms with Gasteiger partial charge in [0.15, 0.2) is 17.3 Å². The molecule has 0 radical (unpaired) electrons. The number of furan rings is 1. The number of fused-ring (bicyclic) bond motifs is 1. The Balaban J connectivity index is 1.53. The Hall–Kier alpha value is -3.74. The summed E-state index contributed by atoms with van der Waals surface area (Å²) in [5.74, 6) is 0.949. The number of carbonyl (C=O) groups excluding carboxylic acids is 2. The third-order valence-corrected chi connectivity index (χ3v) is 6.44. The lowest BCUT2D eigenvalue weighted by molar-refractivity contribution is -0.126. The molecule has 7 nitrogen and oxygen atoms in total. The number of carbonyl (C=O) groups is 2. The highest BCUT2D eigenvalue weighted by Gasteiger charge is 2.35. The highest BCUT2D eigenvalue weighted by Crippen LogP contribution is 2.34. The van der Waals surface area contributed by atoms with Crippen LogP contribution in [0.3, 0.4) is 0 Å². The number of hydrogen-bond acceptors (Lipinski definition) is 5. The molecule has 2 aliphatic rings. The van der Waals surface area contributed by atoms with Crippen molar-refractivity contribution < 1.29 is 23.5 Å². The molecule has 1 fully saturated rings. The molecule has 1 atom stereocenters. The number of rotatable bonds is 7. The van der Waals surface area contributed by atoms with E-state index in [0.717, 1.165) is 42.4 Å². The van der Waals surface area contributed by atoms with Gasteiger partial charge in [0.05, 0.1) is 6.26 Å². The van der Waals surface area contributed by atoms with Gasteiger partial charge in [-0.05, 0) is 55.2 Å². The van der Waals surface area contributed by atoms with E-state index in [9.17, 15) is 9.59 Å². The average Bonchev–Trinajstić information content (AvgIpc) is 3.62. The van der Waals surface area contributed by atoms with Crippen LogP contribution >= 0.6 is 0 Å². The van der Waals surface area contributed by atoms with Gasteiger partial charge in [-0.3, -0.25) is 9.59 Å². The summed E-state index contributed by atoms with van der Waals surface area (Å²) >= 11 is 0. The molecular formula is C27H28N2O5. The summed E-state index contributed by atoms with van der Waals surface area (Å²) in [5.41, 5.74) is 2.66. The van der Waals surface area contributed by atoms with Gasteiger partial charge in [0.1, 0.15) is 6.04 Å². The van der Waals surface area contributed by atoms with Crippen LogP contribution in [0, 0.1) is 6.92 Å². The van der Waals surface area contributed by atoms with E-state index in [4.69, 9.17) is 13.9 Å². The molecular weight excluding hydrogens is 432 g/mol. The average molecular weight is 461 g/mol. The van der Waals surface area contributed by atoms with Gasteiger partial charge in [0, 0.05) is 12.6 Å². The van der Waals surface area contributed by atoms with E-state index in [2.05, 4.69) is 5.32 Å². The fraction of sp³-hybridized carbons (Fsp3) is 0.333. The Bertz CT molecular complexity index is 1150. The molecule has 2 aromatic carbocycles. The molecule has 1 aromatic heterocycles. The van der Waals surface area contributed by atoms with E-state index in [1.165, 1.54) is 6.26 Å². The predicted molar refractivity (Wildman–Crippen MR) is 125 cm³/mol. The first-order valence-electron chi connectivity index (χ1n) is 11.7. The van der Waals surface area contributed by atoms with Gasteiger partial charge >= 0.3 is 0 Å². The summed E-state index contributed by atoms with van der Waals surface area (Å²) in [4.78, 5) is 28.9. The molecule has 2 heterocycles. The minimum absolute atomic E-state index is 0.131. The van der Waals surface area contributed by atoms with E-state index < -0.39 is 6.04 Å². The van der Waals surface area contributed by atoms with Gasteiger partial charge in [-0.2, -0.15) is 0 Å². The van der Waals surface area contributed by atoms with Gasteiger partial charge < -0.3 is 24.1 Å². The molecule has 1 unspecified atom stereocenters. The van der Waals surface area contributed by atoms with E-state index in [0.29, 0.717) is 11.5 Å². The molecule has 0 bridgehead atoms. The van der Waals surface area contributed by atoms with Crippen molar-refractivity contribution in [3.05, 3.63) is 83.3 Å². The summed E-state index contributed by atoms with van der Waals surface area (Å²) in [6, 6.07) is 15.9. The van der Waals surface area contributed by atoms with Crippen molar-refractivity contribution >= 4 is 11.8 Å². The fourth-order valence-corrected chi connectivity index (χ4v) is 4.63. The van der Waals surface area contributed by atoms with Gasteiger partial charge in [-0.1, -0.05) is 48.7 Å². The molecule has 1 aliphatic heterocycles. The standard InChI is InChI=1S/C27H28N2O5/c1-18-8-11-20(12-9-18)25(26(30)28-21-5-2-3-6-21)29(27(31)23-7-4-14-32-23)16-19-10-13-22-24(15-19)34-17-33-22/h4,7-15,21,25H,2-3,5-6,16-17H2,1H3,(H,28,30). The van der Waals surface area contributed by atoms with Crippen LogP contribution < -0.4 is 14.8 Å². The summed E-state index contributed by atoms with van der Waals surface area (Å²) < 4.78 is 16.4. The molecule has 1 N–H and O–H groups in total. The van der Waals surface area contributed by atoms with Crippen molar-refractivity contribution in [2.75, 3.05) is 6.79 Å². The molecule has 5 rings (SSSR count). The Morgan fingerprint density at radius 1 is 1.03 bits per heavy atom. The Kier molecular flexibility index (Phi) is 6.25. The molecule has 1 aliphatic carbocycles. The van der Waals surface area contributed by atoms with Crippen LogP contribution in [0.2, 0.25) is 0 Å². The van der Waals surface area contributed by atoms with Gasteiger partial charge in [-0.25, -0.2) is 0 Å². The van der Waals surface area contributed by atoms with E-state index in [1.807, 2.05) is 49.4 Å². The number of aryl methyl sites for hydroxylation is 1. The monoisotopic (exact) mass is 460 g/mol. The van der Waals surface area contributed by atoms with Gasteiger partial charge in [0.2, 0.25) is 12.7 Å². The molecule has 0 spiro atoms. The van der Waals surface area contributed by atoms with E-state index >= 15 is 0 Å². The lowest BCUT2D eigenvalue weighted by atomic mass is 10.0. The maximum absolute atomic E-state index is 13.7. The first-order valence-corrected chi connectivity index (χ1v) is 11.7. The SMILES string of the molecule is Cc1ccc(C(C(=O)NC2CCCC2)N(Cc2ccc3c(c2)OCO3)C(=O)c2ccco2)cc1. The Morgan fingerprint density at radius 3 is 2.53 bits per heavy atom. The van der Waals surface area contributed by atoms with E-state index in [-0.39, 0.29) is 37.0 Å². The Morgan fingerprint density at radius 2 is 1.79 bits per heavy atom. The smallest absolute Gasteiger partial charge is 0.290 e. The molecule has 3 aromatic rings. The fourth-order valence-electron chi connectivity index (χ4n) is 4.63. The minimum atomic E-state index is -0.816. The maximum atomic E-state index is 13.7. The van der Waals surface area contributed by atoms with Crippen LogP contribution in [-0.2, 0) is 11.3 Å². The van der Waals surface area contributed by atoms with Crippen molar-refractivity contribution in [1.29, 1.82) is 0 Å². The van der Waals surface area contributed by atoms with Crippen molar-refractivity contribution in [2.45, 2.75) is 51.2 Å². The van der Waals surface area contributed by atoms with Crippen molar-refractivity contribution in [1.82, 2.24) is 10.2 Å². The highest BCUT2D eigenvalue weighted by molar-refractivity contribution is 5.96. The Labute approximate surface area is 198 Å². The molecule has 1 saturated carbocycles. The van der Waals surface area contributed by atoms with Crippen LogP contribution in [-0.4, -0.2) is 29.5 Å². The lowest BCUT2D eigenvalue weighted by Gasteiger charge is -2.32. The van der Waals surface area contributed by atoms with Crippen LogP contribution in [0.25, 0.3) is 0 Å². The number of amides is 2. The van der Waals surface area contributed by atoms with Crippen molar-refractivity contribution in [2.24, 2.45) is 0 Å². The molecule has 7 heteroatoms. The minimum Gasteiger partial charge on any atom is -0.459 e. The van der Waals surface area contributed by atoms with Crippen LogP contribution in [0.15, 0.2) is 65.3 Å². The predicted octanol–water partition coefficient (Wildman–Crippen LogP) is 4.76. The zero-order chi connectivity index (χ0) is 23.5. The largest absolute Gasteiger partial charge is 0.459 e. The zero-order valence-electron chi connectivity index (χ0n) is 19.2. The second-order valence-electron chi connectivity index (χ2n) is 8.90. The van der Waals surface area contributed by atoms with Crippen molar-refractivity contribution in [3.8, 4) is 11.5 Å². The number of benzene rings is 2. The quantitative estimate of drug-likeness (QED) is 0.550. The van der Waals surface area contributed by atoms with Crippen LogP contribution in [0.5, 0.6) is 11.5 Å². The van der Waals surface area contributed by atoms with Gasteiger partial charge in [0.25, 0.3) is 5.91 Å². The molecule has 34 heavy (non-hydrogen) atoms. The molecule has 0 saturated heterocycles. The second-order valence-corrected chi connectivity index (χ2v) is 8.90. The highest BCUT2D eigenvalue weighted by atomic mass is 16.7. The summed E-state index contributed by atoms with van der Waals surface area (Å²) in [5, 5.41) is 3.19. The number of ether oxygens (including phenoxy) is 2. The summed E-state index contributed by atoms with van der Waals surface area (Å²) in [6.07, 6.45) is 5.59.